The molecule has 1 aliphatic heterocycles. The van der Waals surface area contributed by atoms with Gasteiger partial charge in [-0.05, 0) is 53.6 Å². The first kappa shape index (κ1) is 17.8. The third-order valence-electron chi connectivity index (χ3n) is 4.86. The summed E-state index contributed by atoms with van der Waals surface area (Å²) in [6, 6.07) is 13.3. The van der Waals surface area contributed by atoms with E-state index in [-0.39, 0.29) is 0 Å². The number of anilines is 1. The van der Waals surface area contributed by atoms with Gasteiger partial charge in [-0.2, -0.15) is 0 Å². The summed E-state index contributed by atoms with van der Waals surface area (Å²) in [5, 5.41) is 9.04. The van der Waals surface area contributed by atoms with Gasteiger partial charge in [-0.1, -0.05) is 24.3 Å². The Labute approximate surface area is 152 Å². The number of nitrogens with two attached hydrogens (primary N) is 1. The van der Waals surface area contributed by atoms with E-state index in [4.69, 9.17) is 15.6 Å². The topological polar surface area (TPSA) is 92.9 Å². The van der Waals surface area contributed by atoms with Crippen LogP contribution in [0.25, 0.3) is 11.1 Å². The van der Waals surface area contributed by atoms with Crippen molar-refractivity contribution in [1.82, 2.24) is 4.90 Å². The van der Waals surface area contributed by atoms with Crippen LogP contribution in [0.1, 0.15) is 34.7 Å². The maximum atomic E-state index is 11.8. The molecule has 3 rings (SSSR count). The first-order valence-electron chi connectivity index (χ1n) is 8.55. The number of methoxy groups -OCH3 is 1. The summed E-state index contributed by atoms with van der Waals surface area (Å²) < 4.78 is 4.77. The molecule has 1 fully saturated rings. The maximum absolute atomic E-state index is 11.8. The molecule has 1 saturated heterocycles. The predicted octanol–water partition coefficient (Wildman–Crippen LogP) is 3.58. The lowest BCUT2D eigenvalue weighted by atomic mass is 9.88. The molecule has 0 radical (unpaired) electrons. The number of nitrogen functional groups attached to an aromatic ring is 1. The number of hydrogen-bond donors (Lipinski definition) is 2. The molecule has 0 aromatic heterocycles. The van der Waals surface area contributed by atoms with Crippen LogP contribution < -0.4 is 5.73 Å². The summed E-state index contributed by atoms with van der Waals surface area (Å²) in [7, 11) is 1.34. The van der Waals surface area contributed by atoms with Crippen LogP contribution in [-0.2, 0) is 4.74 Å². The molecule has 0 aliphatic carbocycles. The number of carboxylic acid groups (broad SMARTS) is 1. The average molecular weight is 354 g/mol. The van der Waals surface area contributed by atoms with Crippen molar-refractivity contribution >= 4 is 17.7 Å². The lowest BCUT2D eigenvalue weighted by Gasteiger charge is -2.30. The molecule has 1 heterocycles. The van der Waals surface area contributed by atoms with Crippen LogP contribution in [0.5, 0.6) is 0 Å². The molecular formula is C20H22N2O4. The number of rotatable bonds is 3. The van der Waals surface area contributed by atoms with Gasteiger partial charge in [-0.3, -0.25) is 0 Å². The second kappa shape index (κ2) is 7.47. The van der Waals surface area contributed by atoms with Crippen LogP contribution in [0.3, 0.4) is 0 Å². The first-order valence-corrected chi connectivity index (χ1v) is 8.55. The minimum absolute atomic E-state index is 0.367. The summed E-state index contributed by atoms with van der Waals surface area (Å²) in [5.41, 5.74) is 9.87. The molecule has 2 aromatic carbocycles. The Balaban J connectivity index is 1.77. The minimum Gasteiger partial charge on any atom is -0.465 e. The highest BCUT2D eigenvalue weighted by Crippen LogP contribution is 2.31. The molecule has 0 atom stereocenters. The fraction of sp³-hybridized carbons (Fsp3) is 0.300. The summed E-state index contributed by atoms with van der Waals surface area (Å²) in [6.45, 7) is 1.14. The number of piperidine rings is 1. The van der Waals surface area contributed by atoms with Crippen LogP contribution in [0, 0.1) is 0 Å². The van der Waals surface area contributed by atoms with E-state index in [2.05, 4.69) is 12.1 Å². The summed E-state index contributed by atoms with van der Waals surface area (Å²) >= 11 is 0. The minimum atomic E-state index is -0.845. The SMILES string of the molecule is COC(=O)c1cc(N)cc(-c2ccc(C3CCN(C(=O)O)CC3)cc2)c1. The molecule has 136 valence electrons. The highest BCUT2D eigenvalue weighted by Gasteiger charge is 2.23. The van der Waals surface area contributed by atoms with Crippen molar-refractivity contribution in [2.24, 2.45) is 0 Å². The normalized spacial score (nSPS) is 14.9. The number of nitrogens with zero attached hydrogens (tertiary/aromatic N) is 1. The molecule has 0 saturated carbocycles. The van der Waals surface area contributed by atoms with Crippen LogP contribution in [0.15, 0.2) is 42.5 Å². The van der Waals surface area contributed by atoms with E-state index in [0.717, 1.165) is 24.0 Å². The number of esters is 1. The Morgan fingerprint density at radius 3 is 2.31 bits per heavy atom. The molecule has 6 heteroatoms. The van der Waals surface area contributed by atoms with E-state index in [1.807, 2.05) is 18.2 Å². The number of hydrogen-bond acceptors (Lipinski definition) is 4. The second-order valence-electron chi connectivity index (χ2n) is 6.50. The Hall–Kier alpha value is -3.02. The number of likely N-dealkylation sites (tertiary alicyclic amines) is 1. The van der Waals surface area contributed by atoms with Crippen LogP contribution >= 0.6 is 0 Å². The smallest absolute Gasteiger partial charge is 0.407 e. The number of ether oxygens (including phenoxy) is 1. The largest absolute Gasteiger partial charge is 0.465 e. The summed E-state index contributed by atoms with van der Waals surface area (Å²) in [4.78, 5) is 24.2. The Morgan fingerprint density at radius 1 is 1.08 bits per heavy atom. The van der Waals surface area contributed by atoms with Gasteiger partial charge < -0.3 is 20.5 Å². The monoisotopic (exact) mass is 354 g/mol. The Bertz CT molecular complexity index is 809. The van der Waals surface area contributed by atoms with E-state index < -0.39 is 12.1 Å². The van der Waals surface area contributed by atoms with Crippen LogP contribution in [0.4, 0.5) is 10.5 Å². The quantitative estimate of drug-likeness (QED) is 0.649. The molecule has 3 N–H and O–H groups in total. The van der Waals surface area contributed by atoms with Crippen molar-refractivity contribution < 1.29 is 19.4 Å². The molecule has 6 nitrogen and oxygen atoms in total. The van der Waals surface area contributed by atoms with Gasteiger partial charge in [0.15, 0.2) is 0 Å². The fourth-order valence-electron chi connectivity index (χ4n) is 3.41. The zero-order valence-corrected chi connectivity index (χ0v) is 14.6. The summed E-state index contributed by atoms with van der Waals surface area (Å²) in [5.74, 6) is -0.0496. The highest BCUT2D eigenvalue weighted by atomic mass is 16.5. The zero-order valence-electron chi connectivity index (χ0n) is 14.6. The van der Waals surface area contributed by atoms with E-state index in [1.165, 1.54) is 17.6 Å². The zero-order chi connectivity index (χ0) is 18.7. The van der Waals surface area contributed by atoms with E-state index in [0.29, 0.717) is 30.3 Å². The van der Waals surface area contributed by atoms with Gasteiger partial charge in [0.2, 0.25) is 0 Å². The third kappa shape index (κ3) is 3.79. The van der Waals surface area contributed by atoms with Gasteiger partial charge in [0.05, 0.1) is 12.7 Å². The van der Waals surface area contributed by atoms with Gasteiger partial charge in [0, 0.05) is 18.8 Å². The van der Waals surface area contributed by atoms with Gasteiger partial charge in [0.25, 0.3) is 0 Å². The Morgan fingerprint density at radius 2 is 1.73 bits per heavy atom. The van der Waals surface area contributed by atoms with Crippen LogP contribution in [0.2, 0.25) is 0 Å². The molecule has 0 bridgehead atoms. The van der Waals surface area contributed by atoms with Crippen molar-refractivity contribution in [3.05, 3.63) is 53.6 Å². The number of benzene rings is 2. The van der Waals surface area contributed by atoms with Gasteiger partial charge in [0.1, 0.15) is 0 Å². The number of carbonyl (C=O) groups excluding carboxylic acids is 1. The second-order valence-corrected chi connectivity index (χ2v) is 6.50. The molecule has 1 aliphatic rings. The van der Waals surface area contributed by atoms with Crippen molar-refractivity contribution in [2.75, 3.05) is 25.9 Å². The van der Waals surface area contributed by atoms with Crippen molar-refractivity contribution in [3.63, 3.8) is 0 Å². The standard InChI is InChI=1S/C20H22N2O4/c1-26-19(23)17-10-16(11-18(21)12-17)14-4-2-13(3-5-14)15-6-8-22(9-7-15)20(24)25/h2-5,10-12,15H,6-9,21H2,1H3,(H,24,25). The average Bonchev–Trinajstić information content (AvgIpc) is 2.67. The summed E-state index contributed by atoms with van der Waals surface area (Å²) in [6.07, 6.45) is 0.814. The van der Waals surface area contributed by atoms with Crippen molar-refractivity contribution in [2.45, 2.75) is 18.8 Å². The Kier molecular flexibility index (Phi) is 5.11. The molecular weight excluding hydrogens is 332 g/mol. The first-order chi connectivity index (χ1) is 12.5. The van der Waals surface area contributed by atoms with E-state index in [1.54, 1.807) is 12.1 Å². The molecule has 26 heavy (non-hydrogen) atoms. The lowest BCUT2D eigenvalue weighted by molar-refractivity contribution is 0.0600. The van der Waals surface area contributed by atoms with Crippen LogP contribution in [-0.4, -0.2) is 42.3 Å². The molecule has 1 amide bonds. The highest BCUT2D eigenvalue weighted by molar-refractivity contribution is 5.92. The molecule has 2 aromatic rings. The van der Waals surface area contributed by atoms with E-state index in [9.17, 15) is 9.59 Å². The lowest BCUT2D eigenvalue weighted by Crippen LogP contribution is -2.36. The third-order valence-corrected chi connectivity index (χ3v) is 4.86. The molecule has 0 unspecified atom stereocenters. The number of amides is 1. The van der Waals surface area contributed by atoms with Gasteiger partial charge >= 0.3 is 12.1 Å². The van der Waals surface area contributed by atoms with Gasteiger partial charge in [-0.25, -0.2) is 9.59 Å². The predicted molar refractivity (Wildman–Crippen MR) is 99.2 cm³/mol. The van der Waals surface area contributed by atoms with Gasteiger partial charge in [-0.15, -0.1) is 0 Å². The molecule has 0 spiro atoms. The fourth-order valence-corrected chi connectivity index (χ4v) is 3.41. The van der Waals surface area contributed by atoms with E-state index >= 15 is 0 Å². The van der Waals surface area contributed by atoms with Crippen molar-refractivity contribution in [1.29, 1.82) is 0 Å². The number of carbonyl (C=O) groups is 2. The van der Waals surface area contributed by atoms with Crippen molar-refractivity contribution in [3.8, 4) is 11.1 Å². The maximum Gasteiger partial charge on any atom is 0.407 e.